The molecular weight excluding hydrogens is 1190 g/mol. The number of unbranched alkanes of at least 4 members (excludes halogenated alkanes) is 42. The van der Waals surface area contributed by atoms with Crippen molar-refractivity contribution < 1.29 is 89.4 Å². The lowest BCUT2D eigenvalue weighted by Gasteiger charge is -2.48. The van der Waals surface area contributed by atoms with Gasteiger partial charge in [-0.3, -0.25) is 4.79 Å². The van der Waals surface area contributed by atoms with Crippen LogP contribution in [0, 0.1) is 0 Å². The molecule has 17 unspecified atom stereocenters. The van der Waals surface area contributed by atoms with Gasteiger partial charge in [0, 0.05) is 6.42 Å². The number of hydrogen-bond acceptors (Lipinski definition) is 18. The van der Waals surface area contributed by atoms with Gasteiger partial charge >= 0.3 is 0 Å². The lowest BCUT2D eigenvalue weighted by Crippen LogP contribution is -2.66. The van der Waals surface area contributed by atoms with Crippen LogP contribution in [0.2, 0.25) is 0 Å². The van der Waals surface area contributed by atoms with Gasteiger partial charge in [-0.15, -0.1) is 0 Å². The van der Waals surface area contributed by atoms with Crippen molar-refractivity contribution in [2.45, 2.75) is 413 Å². The van der Waals surface area contributed by atoms with Gasteiger partial charge in [0.25, 0.3) is 0 Å². The smallest absolute Gasteiger partial charge is 0.220 e. The van der Waals surface area contributed by atoms with Gasteiger partial charge < -0.3 is 89.9 Å². The van der Waals surface area contributed by atoms with Crippen molar-refractivity contribution in [1.82, 2.24) is 5.32 Å². The molecule has 0 aromatic rings. The van der Waals surface area contributed by atoms with E-state index >= 15 is 0 Å². The second kappa shape index (κ2) is 56.1. The Morgan fingerprint density at radius 3 is 1.08 bits per heavy atom. The number of aliphatic hydroxyl groups is 11. The zero-order chi connectivity index (χ0) is 67.5. The fraction of sp³-hybridized carbons (Fsp3) is 0.932. The van der Waals surface area contributed by atoms with Gasteiger partial charge in [0.05, 0.1) is 38.6 Å². The van der Waals surface area contributed by atoms with E-state index in [2.05, 4.69) is 31.3 Å². The van der Waals surface area contributed by atoms with E-state index < -0.39 is 124 Å². The second-order valence-electron chi connectivity index (χ2n) is 27.5. The summed E-state index contributed by atoms with van der Waals surface area (Å²) in [5.74, 6) is -0.279. The Morgan fingerprint density at radius 2 is 0.688 bits per heavy atom. The molecule has 3 heterocycles. The monoisotopic (exact) mass is 1330 g/mol. The molecule has 0 bridgehead atoms. The van der Waals surface area contributed by atoms with Crippen LogP contribution in [-0.4, -0.2) is 193 Å². The molecule has 3 aliphatic heterocycles. The van der Waals surface area contributed by atoms with Crippen LogP contribution in [0.1, 0.15) is 309 Å². The first kappa shape index (κ1) is 85.5. The van der Waals surface area contributed by atoms with Crippen LogP contribution in [0.3, 0.4) is 0 Å². The van der Waals surface area contributed by atoms with Gasteiger partial charge in [-0.25, -0.2) is 0 Å². The molecule has 0 aromatic carbocycles. The molecule has 0 saturated carbocycles. The Balaban J connectivity index is 1.37. The van der Waals surface area contributed by atoms with Crippen molar-refractivity contribution in [2.75, 3.05) is 26.4 Å². The summed E-state index contributed by atoms with van der Waals surface area (Å²) in [7, 11) is 0. The largest absolute Gasteiger partial charge is 0.394 e. The molecule has 19 heteroatoms. The first-order chi connectivity index (χ1) is 45.3. The summed E-state index contributed by atoms with van der Waals surface area (Å²) < 4.78 is 34.4. The minimum absolute atomic E-state index is 0.241. The van der Waals surface area contributed by atoms with Crippen molar-refractivity contribution in [3.8, 4) is 0 Å². The minimum atomic E-state index is -1.98. The summed E-state index contributed by atoms with van der Waals surface area (Å²) in [6.45, 7) is 1.76. The van der Waals surface area contributed by atoms with Gasteiger partial charge in [-0.1, -0.05) is 295 Å². The lowest BCUT2D eigenvalue weighted by molar-refractivity contribution is -0.379. The summed E-state index contributed by atoms with van der Waals surface area (Å²) in [6.07, 6.45) is 38.9. The van der Waals surface area contributed by atoms with E-state index in [-0.39, 0.29) is 18.9 Å². The molecule has 19 nitrogen and oxygen atoms in total. The molecule has 548 valence electrons. The average molecular weight is 1330 g/mol. The number of nitrogens with one attached hydrogen (secondary N) is 1. The third-order valence-corrected chi connectivity index (χ3v) is 19.3. The molecule has 3 saturated heterocycles. The van der Waals surface area contributed by atoms with E-state index in [1.165, 1.54) is 238 Å². The van der Waals surface area contributed by atoms with E-state index in [9.17, 15) is 61.0 Å². The standard InChI is InChI=1S/C74H139NO18/c1-3-5-7-9-11-13-15-17-19-21-22-23-24-25-26-27-28-29-30-31-32-33-34-36-38-40-42-44-46-48-50-52-62(80)75-57(58(79)51-49-47-45-43-41-39-37-35-20-18-16-14-12-10-8-6-4-2)56-88-72-68(86)65(83)70(60(54-77)90-72)93-74-69(87)66(84)71(61(55-78)91-74)92-73-67(85)64(82)63(81)59(53-76)89-73/h41,43,49,51,57-61,63-74,76-79,81-87H,3-40,42,44-48,50,52-56H2,1-2H3,(H,75,80)/b43-41+,51-49+. The number of carbonyl (C=O) groups is 1. The molecule has 1 amide bonds. The van der Waals surface area contributed by atoms with Crippen LogP contribution in [-0.2, 0) is 33.2 Å². The Kier molecular flexibility index (Phi) is 51.5. The van der Waals surface area contributed by atoms with Gasteiger partial charge in [0.1, 0.15) is 73.2 Å². The zero-order valence-corrected chi connectivity index (χ0v) is 58.3. The van der Waals surface area contributed by atoms with Crippen LogP contribution in [0.15, 0.2) is 24.3 Å². The summed E-state index contributed by atoms with van der Waals surface area (Å²) in [6, 6.07) is -0.987. The molecule has 17 atom stereocenters. The predicted octanol–water partition coefficient (Wildman–Crippen LogP) is 11.4. The average Bonchev–Trinajstić information content (AvgIpc) is 0.818. The highest BCUT2D eigenvalue weighted by molar-refractivity contribution is 5.76. The number of rotatable bonds is 60. The molecule has 0 spiro atoms. The molecule has 0 aliphatic carbocycles. The third kappa shape index (κ3) is 37.3. The lowest BCUT2D eigenvalue weighted by atomic mass is 9.96. The maximum atomic E-state index is 13.4. The number of amides is 1. The third-order valence-electron chi connectivity index (χ3n) is 19.3. The van der Waals surface area contributed by atoms with Crippen LogP contribution in [0.25, 0.3) is 0 Å². The molecule has 3 rings (SSSR count). The molecule has 0 aromatic heterocycles. The van der Waals surface area contributed by atoms with Crippen LogP contribution >= 0.6 is 0 Å². The number of hydrogen-bond donors (Lipinski definition) is 12. The fourth-order valence-electron chi connectivity index (χ4n) is 13.1. The zero-order valence-electron chi connectivity index (χ0n) is 58.3. The molecule has 3 fully saturated rings. The topological polar surface area (TPSA) is 307 Å². The SMILES string of the molecule is CCCCCCCCCCCCC/C=C/CC/C=C/C(O)C(COC1OC(CO)C(OC2OC(CO)C(OC3OC(CO)C(O)C(O)C3O)C(O)C2O)C(O)C1O)NC(=O)CCCCCCCCCCCCCCCCCCCCCCCCCCCCCCCCC. The molecule has 3 aliphatic rings. The van der Waals surface area contributed by atoms with E-state index in [4.69, 9.17) is 28.4 Å². The fourth-order valence-corrected chi connectivity index (χ4v) is 13.1. The Bertz CT molecular complexity index is 1780. The quantitative estimate of drug-likeness (QED) is 0.0199. The summed E-state index contributed by atoms with van der Waals surface area (Å²) in [5, 5.41) is 121. The Labute approximate surface area is 562 Å². The van der Waals surface area contributed by atoms with Crippen molar-refractivity contribution in [3.05, 3.63) is 24.3 Å². The summed E-state index contributed by atoms with van der Waals surface area (Å²) in [4.78, 5) is 13.4. The van der Waals surface area contributed by atoms with E-state index in [0.717, 1.165) is 38.5 Å². The first-order valence-electron chi connectivity index (χ1n) is 38.1. The van der Waals surface area contributed by atoms with E-state index in [1.807, 2.05) is 6.08 Å². The van der Waals surface area contributed by atoms with Gasteiger partial charge in [-0.05, 0) is 32.1 Å². The van der Waals surface area contributed by atoms with Crippen molar-refractivity contribution in [1.29, 1.82) is 0 Å². The van der Waals surface area contributed by atoms with Crippen molar-refractivity contribution >= 4 is 5.91 Å². The first-order valence-corrected chi connectivity index (χ1v) is 38.1. The number of carbonyl (C=O) groups excluding carboxylic acids is 1. The molecule has 93 heavy (non-hydrogen) atoms. The van der Waals surface area contributed by atoms with Crippen molar-refractivity contribution in [3.63, 3.8) is 0 Å². The Hall–Kier alpha value is -1.73. The normalized spacial score (nSPS) is 27.6. The number of aliphatic hydroxyl groups excluding tert-OH is 11. The minimum Gasteiger partial charge on any atom is -0.394 e. The number of ether oxygens (including phenoxy) is 6. The maximum Gasteiger partial charge on any atom is 0.220 e. The van der Waals surface area contributed by atoms with Gasteiger partial charge in [0.15, 0.2) is 18.9 Å². The van der Waals surface area contributed by atoms with Gasteiger partial charge in [-0.2, -0.15) is 0 Å². The second-order valence-corrected chi connectivity index (χ2v) is 27.5. The van der Waals surface area contributed by atoms with Gasteiger partial charge in [0.2, 0.25) is 5.91 Å². The maximum absolute atomic E-state index is 13.4. The van der Waals surface area contributed by atoms with Crippen LogP contribution in [0.5, 0.6) is 0 Å². The number of allylic oxidation sites excluding steroid dienone is 3. The van der Waals surface area contributed by atoms with Crippen LogP contribution in [0.4, 0.5) is 0 Å². The summed E-state index contributed by atoms with van der Waals surface area (Å²) in [5.41, 5.74) is 0. The van der Waals surface area contributed by atoms with E-state index in [0.29, 0.717) is 12.8 Å². The highest BCUT2D eigenvalue weighted by Crippen LogP contribution is 2.33. The van der Waals surface area contributed by atoms with Crippen molar-refractivity contribution in [2.24, 2.45) is 0 Å². The van der Waals surface area contributed by atoms with E-state index in [1.54, 1.807) is 6.08 Å². The highest BCUT2D eigenvalue weighted by atomic mass is 16.8. The summed E-state index contributed by atoms with van der Waals surface area (Å²) >= 11 is 0. The molecule has 0 radical (unpaired) electrons. The predicted molar refractivity (Wildman–Crippen MR) is 365 cm³/mol. The highest BCUT2D eigenvalue weighted by Gasteiger charge is 2.53. The molecular formula is C74H139NO18. The molecule has 12 N–H and O–H groups in total. The van der Waals surface area contributed by atoms with Crippen LogP contribution < -0.4 is 5.32 Å². The Morgan fingerprint density at radius 1 is 0.376 bits per heavy atom.